The molecule has 0 unspecified atom stereocenters. The first kappa shape index (κ1) is 10.5. The Bertz CT molecular complexity index is 472. The van der Waals surface area contributed by atoms with Crippen molar-refractivity contribution in [1.29, 1.82) is 0 Å². The predicted octanol–water partition coefficient (Wildman–Crippen LogP) is 2.71. The summed E-state index contributed by atoms with van der Waals surface area (Å²) in [6, 6.07) is 10.8. The first-order chi connectivity index (χ1) is 7.81. The third-order valence-electron chi connectivity index (χ3n) is 2.34. The van der Waals surface area contributed by atoms with Crippen molar-refractivity contribution in [3.8, 4) is 5.75 Å². The van der Waals surface area contributed by atoms with Crippen molar-refractivity contribution in [1.82, 2.24) is 0 Å². The highest BCUT2D eigenvalue weighted by Gasteiger charge is 2.12. The minimum absolute atomic E-state index is 0.0468. The molecule has 0 N–H and O–H groups in total. The van der Waals surface area contributed by atoms with Crippen LogP contribution in [0.15, 0.2) is 47.1 Å². The third-order valence-corrected chi connectivity index (χ3v) is 2.34. The molecule has 0 spiro atoms. The lowest BCUT2D eigenvalue weighted by molar-refractivity contribution is 0.0965. The maximum absolute atomic E-state index is 11.8. The van der Waals surface area contributed by atoms with Crippen LogP contribution in [-0.2, 0) is 6.42 Å². The first-order valence-corrected chi connectivity index (χ1v) is 5.00. The number of ether oxygens (including phenoxy) is 1. The van der Waals surface area contributed by atoms with Crippen LogP contribution in [0.2, 0.25) is 0 Å². The standard InChI is InChI=1S/C13H12O3/c1-15-12-6-3-2-5-10(12)9-11(14)13-7-4-8-16-13/h2-8H,9H2,1H3. The fraction of sp³-hybridized carbons (Fsp3) is 0.154. The number of ketones is 1. The second-order valence-electron chi connectivity index (χ2n) is 3.39. The van der Waals surface area contributed by atoms with E-state index in [2.05, 4.69) is 0 Å². The molecule has 1 aromatic heterocycles. The van der Waals surface area contributed by atoms with Crippen LogP contribution in [0.5, 0.6) is 5.75 Å². The predicted molar refractivity (Wildman–Crippen MR) is 59.7 cm³/mol. The Hall–Kier alpha value is -2.03. The molecule has 0 amide bonds. The van der Waals surface area contributed by atoms with Crippen molar-refractivity contribution in [2.24, 2.45) is 0 Å². The summed E-state index contributed by atoms with van der Waals surface area (Å²) in [7, 11) is 1.59. The number of methoxy groups -OCH3 is 1. The zero-order chi connectivity index (χ0) is 11.4. The van der Waals surface area contributed by atoms with E-state index >= 15 is 0 Å². The van der Waals surface area contributed by atoms with E-state index in [1.54, 1.807) is 19.2 Å². The van der Waals surface area contributed by atoms with Crippen molar-refractivity contribution < 1.29 is 13.9 Å². The van der Waals surface area contributed by atoms with Gasteiger partial charge in [-0.3, -0.25) is 4.79 Å². The molecule has 0 aliphatic carbocycles. The van der Waals surface area contributed by atoms with E-state index in [1.165, 1.54) is 6.26 Å². The van der Waals surface area contributed by atoms with Gasteiger partial charge in [0.25, 0.3) is 0 Å². The number of furan rings is 1. The molecule has 0 bridgehead atoms. The molecule has 3 nitrogen and oxygen atoms in total. The van der Waals surface area contributed by atoms with Crippen LogP contribution in [0.3, 0.4) is 0 Å². The molecule has 2 rings (SSSR count). The van der Waals surface area contributed by atoms with Crippen molar-refractivity contribution >= 4 is 5.78 Å². The summed E-state index contributed by atoms with van der Waals surface area (Å²) in [5.74, 6) is 1.06. The van der Waals surface area contributed by atoms with Gasteiger partial charge in [0.2, 0.25) is 5.78 Å². The number of hydrogen-bond acceptors (Lipinski definition) is 3. The van der Waals surface area contributed by atoms with Crippen LogP contribution in [-0.4, -0.2) is 12.9 Å². The molecule has 0 aliphatic heterocycles. The number of para-hydroxylation sites is 1. The quantitative estimate of drug-likeness (QED) is 0.737. The molecular formula is C13H12O3. The summed E-state index contributed by atoms with van der Waals surface area (Å²) in [4.78, 5) is 11.8. The molecule has 0 saturated heterocycles. The average Bonchev–Trinajstić information content (AvgIpc) is 2.83. The zero-order valence-electron chi connectivity index (χ0n) is 8.97. The van der Waals surface area contributed by atoms with E-state index in [1.807, 2.05) is 24.3 Å². The summed E-state index contributed by atoms with van der Waals surface area (Å²) >= 11 is 0. The van der Waals surface area contributed by atoms with E-state index in [0.29, 0.717) is 5.76 Å². The van der Waals surface area contributed by atoms with Crippen molar-refractivity contribution in [2.75, 3.05) is 7.11 Å². The molecule has 82 valence electrons. The number of Topliss-reactive ketones (excluding diaryl/α,β-unsaturated/α-hetero) is 1. The van der Waals surface area contributed by atoms with Gasteiger partial charge in [-0.05, 0) is 18.2 Å². The smallest absolute Gasteiger partial charge is 0.202 e. The highest BCUT2D eigenvalue weighted by molar-refractivity contribution is 5.95. The monoisotopic (exact) mass is 216 g/mol. The second kappa shape index (κ2) is 4.66. The number of carbonyl (C=O) groups is 1. The SMILES string of the molecule is COc1ccccc1CC(=O)c1ccco1. The van der Waals surface area contributed by atoms with Crippen LogP contribution in [0.25, 0.3) is 0 Å². The summed E-state index contributed by atoms with van der Waals surface area (Å²) in [6.07, 6.45) is 1.78. The Balaban J connectivity index is 2.18. The summed E-state index contributed by atoms with van der Waals surface area (Å²) < 4.78 is 10.2. The van der Waals surface area contributed by atoms with Crippen LogP contribution in [0.4, 0.5) is 0 Å². The maximum atomic E-state index is 11.8. The number of carbonyl (C=O) groups excluding carboxylic acids is 1. The van der Waals surface area contributed by atoms with Gasteiger partial charge >= 0.3 is 0 Å². The lowest BCUT2D eigenvalue weighted by Crippen LogP contribution is -2.03. The molecule has 0 radical (unpaired) electrons. The summed E-state index contributed by atoms with van der Waals surface area (Å²) in [6.45, 7) is 0. The second-order valence-corrected chi connectivity index (χ2v) is 3.39. The highest BCUT2D eigenvalue weighted by atomic mass is 16.5. The fourth-order valence-corrected chi connectivity index (χ4v) is 1.55. The van der Waals surface area contributed by atoms with Gasteiger partial charge in [0.05, 0.1) is 13.4 Å². The van der Waals surface area contributed by atoms with Crippen LogP contribution in [0, 0.1) is 0 Å². The number of benzene rings is 1. The lowest BCUT2D eigenvalue weighted by atomic mass is 10.1. The van der Waals surface area contributed by atoms with E-state index in [4.69, 9.17) is 9.15 Å². The Morgan fingerprint density at radius 2 is 2.06 bits per heavy atom. The summed E-state index contributed by atoms with van der Waals surface area (Å²) in [5.41, 5.74) is 0.867. The Morgan fingerprint density at radius 3 is 2.75 bits per heavy atom. The lowest BCUT2D eigenvalue weighted by Gasteiger charge is -2.06. The topological polar surface area (TPSA) is 39.4 Å². The van der Waals surface area contributed by atoms with Gasteiger partial charge in [-0.15, -0.1) is 0 Å². The molecule has 1 aromatic carbocycles. The van der Waals surface area contributed by atoms with Gasteiger partial charge in [-0.2, -0.15) is 0 Å². The van der Waals surface area contributed by atoms with Gasteiger partial charge in [0, 0.05) is 12.0 Å². The van der Waals surface area contributed by atoms with E-state index in [-0.39, 0.29) is 12.2 Å². The van der Waals surface area contributed by atoms with Crippen LogP contribution >= 0.6 is 0 Å². The molecular weight excluding hydrogens is 204 g/mol. The number of rotatable bonds is 4. The van der Waals surface area contributed by atoms with Gasteiger partial charge in [0.15, 0.2) is 5.76 Å². The van der Waals surface area contributed by atoms with Crippen molar-refractivity contribution in [3.63, 3.8) is 0 Å². The molecule has 0 saturated carbocycles. The van der Waals surface area contributed by atoms with E-state index in [0.717, 1.165) is 11.3 Å². The normalized spacial score (nSPS) is 10.1. The van der Waals surface area contributed by atoms with Crippen molar-refractivity contribution in [3.05, 3.63) is 54.0 Å². The zero-order valence-corrected chi connectivity index (χ0v) is 8.97. The Kier molecular flexibility index (Phi) is 3.05. The Labute approximate surface area is 93.7 Å². The fourth-order valence-electron chi connectivity index (χ4n) is 1.55. The Morgan fingerprint density at radius 1 is 1.25 bits per heavy atom. The van der Waals surface area contributed by atoms with Crippen LogP contribution < -0.4 is 4.74 Å². The molecule has 16 heavy (non-hydrogen) atoms. The van der Waals surface area contributed by atoms with Crippen molar-refractivity contribution in [2.45, 2.75) is 6.42 Å². The largest absolute Gasteiger partial charge is 0.496 e. The summed E-state index contributed by atoms with van der Waals surface area (Å²) in [5, 5.41) is 0. The average molecular weight is 216 g/mol. The molecule has 0 aliphatic rings. The van der Waals surface area contributed by atoms with Crippen LogP contribution in [0.1, 0.15) is 16.1 Å². The maximum Gasteiger partial charge on any atom is 0.202 e. The molecule has 3 heteroatoms. The first-order valence-electron chi connectivity index (χ1n) is 5.00. The van der Waals surface area contributed by atoms with Gasteiger partial charge in [-0.25, -0.2) is 0 Å². The minimum Gasteiger partial charge on any atom is -0.496 e. The minimum atomic E-state index is -0.0468. The number of hydrogen-bond donors (Lipinski definition) is 0. The van der Waals surface area contributed by atoms with Gasteiger partial charge < -0.3 is 9.15 Å². The molecule has 2 aromatic rings. The molecule has 1 heterocycles. The van der Waals surface area contributed by atoms with E-state index < -0.39 is 0 Å². The third kappa shape index (κ3) is 2.14. The van der Waals surface area contributed by atoms with Gasteiger partial charge in [0.1, 0.15) is 5.75 Å². The molecule has 0 fully saturated rings. The highest BCUT2D eigenvalue weighted by Crippen LogP contribution is 2.19. The van der Waals surface area contributed by atoms with Gasteiger partial charge in [-0.1, -0.05) is 18.2 Å². The van der Waals surface area contributed by atoms with E-state index in [9.17, 15) is 4.79 Å². The molecule has 0 atom stereocenters.